The van der Waals surface area contributed by atoms with E-state index in [9.17, 15) is 22.4 Å². The van der Waals surface area contributed by atoms with Crippen LogP contribution < -0.4 is 10.6 Å². The number of rotatable bonds is 3. The lowest BCUT2D eigenvalue weighted by Crippen LogP contribution is -2.32. The standard InChI is InChI=1S/C15H15FN2O5S/c16-11-3-7(18-4-12(14(17)19)23-15(18)20)1-2-8(11)13-9-5-24(21,22)6-10(9)13/h1-3,9-10,12-13H,4-6H2,(H2,17,19)/t9-,10+,12-,13?/m1/s1. The number of ether oxygens (including phenoxy) is 1. The first-order chi connectivity index (χ1) is 11.3. The molecule has 1 aromatic carbocycles. The summed E-state index contributed by atoms with van der Waals surface area (Å²) in [6.07, 6.45) is -1.80. The quantitative estimate of drug-likeness (QED) is 0.845. The third-order valence-corrected chi connectivity index (χ3v) is 6.79. The molecule has 4 rings (SSSR count). The maximum atomic E-state index is 14.5. The van der Waals surface area contributed by atoms with E-state index in [2.05, 4.69) is 0 Å². The zero-order chi connectivity index (χ0) is 17.2. The average Bonchev–Trinajstić information content (AvgIpc) is 2.83. The van der Waals surface area contributed by atoms with Crippen LogP contribution in [-0.4, -0.2) is 44.6 Å². The number of benzene rings is 1. The minimum atomic E-state index is -2.98. The SMILES string of the molecule is NC(=O)[C@H]1CN(c2ccc(C3[C@H]4CS(=O)(=O)C[C@@H]34)c(F)c2)C(=O)O1. The maximum Gasteiger partial charge on any atom is 0.415 e. The largest absolute Gasteiger partial charge is 0.434 e. The molecule has 0 spiro atoms. The summed E-state index contributed by atoms with van der Waals surface area (Å²) in [6.45, 7) is -0.0557. The highest BCUT2D eigenvalue weighted by Gasteiger charge is 2.59. The van der Waals surface area contributed by atoms with Crippen molar-refractivity contribution in [3.8, 4) is 0 Å². The Kier molecular flexibility index (Phi) is 3.15. The third-order valence-electron chi connectivity index (χ3n) is 5.01. The van der Waals surface area contributed by atoms with Crippen LogP contribution >= 0.6 is 0 Å². The van der Waals surface area contributed by atoms with Gasteiger partial charge in [-0.15, -0.1) is 0 Å². The molecule has 0 bridgehead atoms. The average molecular weight is 354 g/mol. The summed E-state index contributed by atoms with van der Waals surface area (Å²) in [6, 6.07) is 4.36. The Morgan fingerprint density at radius 1 is 1.29 bits per heavy atom. The van der Waals surface area contributed by atoms with Crippen LogP contribution in [0.15, 0.2) is 18.2 Å². The predicted octanol–water partition coefficient (Wildman–Crippen LogP) is 0.394. The molecule has 0 aromatic heterocycles. The molecule has 9 heteroatoms. The second-order valence-electron chi connectivity index (χ2n) is 6.52. The summed E-state index contributed by atoms with van der Waals surface area (Å²) in [4.78, 5) is 24.0. The van der Waals surface area contributed by atoms with E-state index in [0.717, 1.165) is 4.90 Å². The van der Waals surface area contributed by atoms with Crippen LogP contribution in [0.25, 0.3) is 0 Å². The number of primary amides is 1. The van der Waals surface area contributed by atoms with Crippen molar-refractivity contribution in [1.29, 1.82) is 0 Å². The summed E-state index contributed by atoms with van der Waals surface area (Å²) in [5.74, 6) is -1.11. The van der Waals surface area contributed by atoms with Crippen molar-refractivity contribution in [1.82, 2.24) is 0 Å². The molecular formula is C15H15FN2O5S. The molecule has 2 aliphatic heterocycles. The summed E-state index contributed by atoms with van der Waals surface area (Å²) < 4.78 is 42.3. The van der Waals surface area contributed by atoms with Gasteiger partial charge in [-0.2, -0.15) is 0 Å². The lowest BCUT2D eigenvalue weighted by atomic mass is 10.1. The fraction of sp³-hybridized carbons (Fsp3) is 0.467. The number of sulfone groups is 1. The van der Waals surface area contributed by atoms with Crippen LogP contribution in [0.1, 0.15) is 11.5 Å². The number of halogens is 1. The summed E-state index contributed by atoms with van der Waals surface area (Å²) in [7, 11) is -2.98. The number of hydrogen-bond acceptors (Lipinski definition) is 5. The van der Waals surface area contributed by atoms with Crippen molar-refractivity contribution in [2.75, 3.05) is 23.0 Å². The molecule has 2 amide bonds. The van der Waals surface area contributed by atoms with Gasteiger partial charge in [0.1, 0.15) is 5.82 Å². The molecule has 0 radical (unpaired) electrons. The van der Waals surface area contributed by atoms with Gasteiger partial charge in [-0.1, -0.05) is 6.07 Å². The third kappa shape index (κ3) is 2.34. The van der Waals surface area contributed by atoms with Crippen LogP contribution in [0.4, 0.5) is 14.9 Å². The smallest absolute Gasteiger partial charge is 0.415 e. The normalized spacial score (nSPS) is 33.2. The number of carbonyl (C=O) groups is 2. The van der Waals surface area contributed by atoms with Crippen molar-refractivity contribution in [3.63, 3.8) is 0 Å². The van der Waals surface area contributed by atoms with E-state index in [0.29, 0.717) is 5.56 Å². The van der Waals surface area contributed by atoms with Crippen LogP contribution in [-0.2, 0) is 19.4 Å². The van der Waals surface area contributed by atoms with E-state index >= 15 is 0 Å². The monoisotopic (exact) mass is 354 g/mol. The Balaban J connectivity index is 1.54. The lowest BCUT2D eigenvalue weighted by molar-refractivity contribution is -0.124. The van der Waals surface area contributed by atoms with Gasteiger partial charge in [0.15, 0.2) is 15.9 Å². The Bertz CT molecular complexity index is 837. The minimum Gasteiger partial charge on any atom is -0.434 e. The van der Waals surface area contributed by atoms with Gasteiger partial charge in [-0.25, -0.2) is 17.6 Å². The van der Waals surface area contributed by atoms with Gasteiger partial charge >= 0.3 is 6.09 Å². The second-order valence-corrected chi connectivity index (χ2v) is 8.68. The Labute approximate surface area is 137 Å². The summed E-state index contributed by atoms with van der Waals surface area (Å²) in [5, 5.41) is 0. The number of nitrogens with zero attached hydrogens (tertiary/aromatic N) is 1. The van der Waals surface area contributed by atoms with E-state index in [1.54, 1.807) is 12.1 Å². The van der Waals surface area contributed by atoms with Gasteiger partial charge in [-0.3, -0.25) is 9.69 Å². The molecule has 2 heterocycles. The maximum absolute atomic E-state index is 14.5. The first-order valence-corrected chi connectivity index (χ1v) is 9.36. The van der Waals surface area contributed by atoms with Crippen LogP contribution in [0.5, 0.6) is 0 Å². The van der Waals surface area contributed by atoms with Crippen LogP contribution in [0.3, 0.4) is 0 Å². The minimum absolute atomic E-state index is 0.00801. The number of carbonyl (C=O) groups excluding carboxylic acids is 2. The number of cyclic esters (lactones) is 1. The first-order valence-electron chi connectivity index (χ1n) is 7.54. The van der Waals surface area contributed by atoms with Gasteiger partial charge < -0.3 is 10.5 Å². The van der Waals surface area contributed by atoms with Gasteiger partial charge in [0.2, 0.25) is 0 Å². The van der Waals surface area contributed by atoms with E-state index in [1.807, 2.05) is 0 Å². The van der Waals surface area contributed by atoms with E-state index in [1.165, 1.54) is 6.07 Å². The highest BCUT2D eigenvalue weighted by molar-refractivity contribution is 7.91. The van der Waals surface area contributed by atoms with Crippen molar-refractivity contribution in [3.05, 3.63) is 29.6 Å². The van der Waals surface area contributed by atoms with Crippen molar-refractivity contribution >= 4 is 27.5 Å². The molecule has 24 heavy (non-hydrogen) atoms. The first kappa shape index (κ1) is 15.4. The highest BCUT2D eigenvalue weighted by atomic mass is 32.2. The number of nitrogens with two attached hydrogens (primary N) is 1. The fourth-order valence-electron chi connectivity index (χ4n) is 3.79. The van der Waals surface area contributed by atoms with Crippen LogP contribution in [0.2, 0.25) is 0 Å². The Morgan fingerprint density at radius 3 is 2.50 bits per heavy atom. The molecule has 4 atom stereocenters. The van der Waals surface area contributed by atoms with Gasteiger partial charge in [0.25, 0.3) is 5.91 Å². The molecule has 1 saturated carbocycles. The summed E-state index contributed by atoms with van der Waals surface area (Å²) >= 11 is 0. The zero-order valence-electron chi connectivity index (χ0n) is 12.5. The van der Waals surface area contributed by atoms with E-state index < -0.39 is 33.8 Å². The molecule has 3 fully saturated rings. The van der Waals surface area contributed by atoms with Crippen molar-refractivity contribution in [2.45, 2.75) is 12.0 Å². The molecule has 1 aromatic rings. The van der Waals surface area contributed by atoms with Crippen LogP contribution in [0, 0.1) is 17.7 Å². The Hall–Kier alpha value is -2.16. The van der Waals surface area contributed by atoms with E-state index in [4.69, 9.17) is 10.5 Å². The van der Waals surface area contributed by atoms with Gasteiger partial charge in [0, 0.05) is 0 Å². The zero-order valence-corrected chi connectivity index (χ0v) is 13.3. The second kappa shape index (κ2) is 4.92. The molecule has 1 aliphatic carbocycles. The number of amides is 2. The molecule has 1 unspecified atom stereocenters. The highest BCUT2D eigenvalue weighted by Crippen LogP contribution is 2.59. The summed E-state index contributed by atoms with van der Waals surface area (Å²) in [5.41, 5.74) is 5.87. The fourth-order valence-corrected chi connectivity index (χ4v) is 6.01. The molecule has 7 nitrogen and oxygen atoms in total. The Morgan fingerprint density at radius 2 is 1.96 bits per heavy atom. The topological polar surface area (TPSA) is 107 Å². The lowest BCUT2D eigenvalue weighted by Gasteiger charge is -2.14. The molecule has 2 N–H and O–H groups in total. The molecular weight excluding hydrogens is 339 g/mol. The molecule has 2 saturated heterocycles. The van der Waals surface area contributed by atoms with Gasteiger partial charge in [-0.05, 0) is 35.4 Å². The number of hydrogen-bond donors (Lipinski definition) is 1. The van der Waals surface area contributed by atoms with Gasteiger partial charge in [0.05, 0.1) is 23.7 Å². The van der Waals surface area contributed by atoms with Crippen molar-refractivity contribution < 1.29 is 27.1 Å². The molecule has 3 aliphatic rings. The number of anilines is 1. The van der Waals surface area contributed by atoms with Crippen molar-refractivity contribution in [2.24, 2.45) is 17.6 Å². The number of fused-ring (bicyclic) bond motifs is 1. The molecule has 128 valence electrons. The van der Waals surface area contributed by atoms with E-state index in [-0.39, 0.29) is 41.5 Å². The predicted molar refractivity (Wildman–Crippen MR) is 81.6 cm³/mol.